The molecule has 0 aliphatic heterocycles. The van der Waals surface area contributed by atoms with E-state index in [0.717, 1.165) is 43.4 Å². The molecule has 1 heterocycles. The smallest absolute Gasteiger partial charge is 0.228 e. The van der Waals surface area contributed by atoms with E-state index in [1.165, 1.54) is 5.56 Å². The van der Waals surface area contributed by atoms with Crippen molar-refractivity contribution >= 4 is 5.91 Å². The lowest BCUT2D eigenvalue weighted by atomic mass is 10.1. The number of rotatable bonds is 9. The molecule has 1 amide bonds. The second-order valence-corrected chi connectivity index (χ2v) is 8.04. The molecule has 1 aromatic heterocycles. The molecule has 6 heteroatoms. The summed E-state index contributed by atoms with van der Waals surface area (Å²) in [6.45, 7) is 1.29. The molecule has 1 aliphatic carbocycles. The molecule has 0 N–H and O–H groups in total. The van der Waals surface area contributed by atoms with Crippen LogP contribution in [-0.2, 0) is 17.6 Å². The molecule has 0 radical (unpaired) electrons. The Morgan fingerprint density at radius 3 is 2.61 bits per heavy atom. The summed E-state index contributed by atoms with van der Waals surface area (Å²) >= 11 is 0. The van der Waals surface area contributed by atoms with Crippen molar-refractivity contribution in [2.45, 2.75) is 38.5 Å². The van der Waals surface area contributed by atoms with E-state index in [9.17, 15) is 4.79 Å². The van der Waals surface area contributed by atoms with Crippen molar-refractivity contribution in [2.24, 2.45) is 5.92 Å². The van der Waals surface area contributed by atoms with Crippen LogP contribution in [0.1, 0.15) is 37.1 Å². The van der Waals surface area contributed by atoms with Crippen molar-refractivity contribution in [3.63, 3.8) is 0 Å². The van der Waals surface area contributed by atoms with Gasteiger partial charge in [0.15, 0.2) is 0 Å². The molecule has 0 spiro atoms. The van der Waals surface area contributed by atoms with Gasteiger partial charge in [0.25, 0.3) is 0 Å². The first-order chi connectivity index (χ1) is 15.2. The van der Waals surface area contributed by atoms with Crippen molar-refractivity contribution in [3.8, 4) is 17.1 Å². The first-order valence-corrected chi connectivity index (χ1v) is 11.0. The summed E-state index contributed by atoms with van der Waals surface area (Å²) < 4.78 is 10.7. The van der Waals surface area contributed by atoms with Gasteiger partial charge in [0, 0.05) is 31.0 Å². The number of nitrogens with zero attached hydrogens (tertiary/aromatic N) is 3. The van der Waals surface area contributed by atoms with Gasteiger partial charge in [0.05, 0.1) is 7.11 Å². The van der Waals surface area contributed by atoms with Gasteiger partial charge in [-0.1, -0.05) is 60.5 Å². The van der Waals surface area contributed by atoms with Crippen LogP contribution in [0.5, 0.6) is 5.75 Å². The molecule has 2 aromatic carbocycles. The van der Waals surface area contributed by atoms with Crippen LogP contribution >= 0.6 is 0 Å². The minimum atomic E-state index is 0.158. The summed E-state index contributed by atoms with van der Waals surface area (Å²) in [6, 6.07) is 17.9. The van der Waals surface area contributed by atoms with Gasteiger partial charge in [-0.2, -0.15) is 4.98 Å². The normalized spacial score (nSPS) is 14.0. The predicted octanol–water partition coefficient (Wildman–Crippen LogP) is 4.55. The summed E-state index contributed by atoms with van der Waals surface area (Å²) in [5.74, 6) is 2.25. The quantitative estimate of drug-likeness (QED) is 0.509. The van der Waals surface area contributed by atoms with Crippen LogP contribution in [0, 0.1) is 5.92 Å². The zero-order chi connectivity index (χ0) is 21.5. The second kappa shape index (κ2) is 10.2. The van der Waals surface area contributed by atoms with E-state index in [1.807, 2.05) is 47.4 Å². The number of methoxy groups -OCH3 is 1. The molecule has 0 saturated heterocycles. The maximum absolute atomic E-state index is 13.1. The first kappa shape index (κ1) is 21.1. The molecule has 1 aliphatic rings. The minimum absolute atomic E-state index is 0.158. The highest BCUT2D eigenvalue weighted by molar-refractivity contribution is 5.79. The van der Waals surface area contributed by atoms with Crippen LogP contribution in [-0.4, -0.2) is 41.1 Å². The van der Waals surface area contributed by atoms with Gasteiger partial charge in [-0.05, 0) is 37.0 Å². The minimum Gasteiger partial charge on any atom is -0.497 e. The summed E-state index contributed by atoms with van der Waals surface area (Å²) in [4.78, 5) is 19.6. The highest BCUT2D eigenvalue weighted by atomic mass is 16.5. The van der Waals surface area contributed by atoms with Crippen molar-refractivity contribution in [1.82, 2.24) is 15.0 Å². The number of ether oxygens (including phenoxy) is 1. The van der Waals surface area contributed by atoms with E-state index in [1.54, 1.807) is 7.11 Å². The van der Waals surface area contributed by atoms with E-state index < -0.39 is 0 Å². The van der Waals surface area contributed by atoms with E-state index in [2.05, 4.69) is 22.3 Å². The van der Waals surface area contributed by atoms with E-state index in [4.69, 9.17) is 9.26 Å². The van der Waals surface area contributed by atoms with Crippen LogP contribution in [0.4, 0.5) is 0 Å². The number of carbonyl (C=O) groups excluding carboxylic acids is 1. The monoisotopic (exact) mass is 419 g/mol. The zero-order valence-electron chi connectivity index (χ0n) is 18.0. The van der Waals surface area contributed by atoms with Crippen molar-refractivity contribution in [2.75, 3.05) is 20.2 Å². The van der Waals surface area contributed by atoms with E-state index >= 15 is 0 Å². The first-order valence-electron chi connectivity index (χ1n) is 11.0. The molecule has 3 aromatic rings. The Kier molecular flexibility index (Phi) is 6.97. The lowest BCUT2D eigenvalue weighted by Gasteiger charge is -2.25. The molecule has 1 fully saturated rings. The van der Waals surface area contributed by atoms with Gasteiger partial charge in [-0.15, -0.1) is 0 Å². The van der Waals surface area contributed by atoms with Gasteiger partial charge in [0.1, 0.15) is 5.75 Å². The third kappa shape index (κ3) is 5.51. The summed E-state index contributed by atoms with van der Waals surface area (Å²) in [7, 11) is 1.63. The summed E-state index contributed by atoms with van der Waals surface area (Å²) in [6.07, 6.45) is 5.69. The average Bonchev–Trinajstić information content (AvgIpc) is 3.52. The fraction of sp³-hybridized carbons (Fsp3) is 0.400. The summed E-state index contributed by atoms with van der Waals surface area (Å²) in [5.41, 5.74) is 2.09. The van der Waals surface area contributed by atoms with Gasteiger partial charge >= 0.3 is 0 Å². The molecule has 6 nitrogen and oxygen atoms in total. The molecule has 162 valence electrons. The molecule has 0 bridgehead atoms. The predicted molar refractivity (Wildman–Crippen MR) is 119 cm³/mol. The highest BCUT2D eigenvalue weighted by Gasteiger charge is 2.27. The number of carbonyl (C=O) groups is 1. The van der Waals surface area contributed by atoms with Gasteiger partial charge < -0.3 is 14.2 Å². The van der Waals surface area contributed by atoms with Crippen LogP contribution in [0.15, 0.2) is 59.1 Å². The van der Waals surface area contributed by atoms with Gasteiger partial charge in [0.2, 0.25) is 17.6 Å². The number of amides is 1. The van der Waals surface area contributed by atoms with Crippen molar-refractivity contribution < 1.29 is 14.1 Å². The Hall–Kier alpha value is -3.15. The molecule has 31 heavy (non-hydrogen) atoms. The zero-order valence-corrected chi connectivity index (χ0v) is 18.0. The van der Waals surface area contributed by atoms with E-state index in [-0.39, 0.29) is 11.8 Å². The Bertz CT molecular complexity index is 980. The fourth-order valence-corrected chi connectivity index (χ4v) is 4.14. The fourth-order valence-electron chi connectivity index (χ4n) is 4.14. The third-order valence-corrected chi connectivity index (χ3v) is 5.92. The Morgan fingerprint density at radius 1 is 1.06 bits per heavy atom. The topological polar surface area (TPSA) is 68.5 Å². The average molecular weight is 420 g/mol. The molecular formula is C25H29N3O3. The van der Waals surface area contributed by atoms with Crippen molar-refractivity contribution in [3.05, 3.63) is 66.1 Å². The van der Waals surface area contributed by atoms with E-state index in [0.29, 0.717) is 31.2 Å². The summed E-state index contributed by atoms with van der Waals surface area (Å²) in [5, 5.41) is 4.11. The van der Waals surface area contributed by atoms with Gasteiger partial charge in [-0.3, -0.25) is 4.79 Å². The SMILES string of the molecule is COc1cccc(-c2noc(CCN(CCc3ccccc3)C(=O)C3CCCC3)n2)c1. The third-order valence-electron chi connectivity index (χ3n) is 5.92. The number of benzene rings is 2. The standard InChI is InChI=1S/C25H29N3O3/c1-30-22-13-7-12-21(18-22)24-26-23(31-27-24)15-17-28(25(29)20-10-5-6-11-20)16-14-19-8-3-2-4-9-19/h2-4,7-9,12-13,18,20H,5-6,10-11,14-17H2,1H3. The largest absolute Gasteiger partial charge is 0.497 e. The Labute approximate surface area is 183 Å². The van der Waals surface area contributed by atoms with Crippen LogP contribution in [0.3, 0.4) is 0 Å². The lowest BCUT2D eigenvalue weighted by Crippen LogP contribution is -2.38. The van der Waals surface area contributed by atoms with Crippen LogP contribution < -0.4 is 4.74 Å². The Balaban J connectivity index is 1.41. The number of aromatic nitrogens is 2. The highest BCUT2D eigenvalue weighted by Crippen LogP contribution is 2.27. The van der Waals surface area contributed by atoms with Crippen molar-refractivity contribution in [1.29, 1.82) is 0 Å². The Morgan fingerprint density at radius 2 is 1.84 bits per heavy atom. The van der Waals surface area contributed by atoms with Crippen LogP contribution in [0.25, 0.3) is 11.4 Å². The molecular weight excluding hydrogens is 390 g/mol. The molecule has 0 atom stereocenters. The van der Waals surface area contributed by atoms with Crippen LogP contribution in [0.2, 0.25) is 0 Å². The van der Waals surface area contributed by atoms with Gasteiger partial charge in [-0.25, -0.2) is 0 Å². The number of hydrogen-bond donors (Lipinski definition) is 0. The molecule has 4 rings (SSSR count). The maximum Gasteiger partial charge on any atom is 0.228 e. The number of hydrogen-bond acceptors (Lipinski definition) is 5. The lowest BCUT2D eigenvalue weighted by molar-refractivity contribution is -0.135. The second-order valence-electron chi connectivity index (χ2n) is 8.04. The molecule has 1 saturated carbocycles. The molecule has 0 unspecified atom stereocenters. The maximum atomic E-state index is 13.1.